The highest BCUT2D eigenvalue weighted by atomic mass is 35.5. The Kier molecular flexibility index (Phi) is 2.92. The molecular weight excluding hydrogens is 229 g/mol. The van der Waals surface area contributed by atoms with Gasteiger partial charge in [-0.15, -0.1) is 0 Å². The molecule has 16 heavy (non-hydrogen) atoms. The van der Waals surface area contributed by atoms with Crippen LogP contribution in [0.4, 0.5) is 21.6 Å². The molecule has 3 nitrogen and oxygen atoms in total. The molecule has 0 atom stereocenters. The van der Waals surface area contributed by atoms with Crippen molar-refractivity contribution < 1.29 is 4.39 Å². The molecule has 3 N–H and O–H groups in total. The van der Waals surface area contributed by atoms with Gasteiger partial charge < -0.3 is 11.1 Å². The molecule has 82 valence electrons. The summed E-state index contributed by atoms with van der Waals surface area (Å²) < 4.78 is 13.4. The van der Waals surface area contributed by atoms with Gasteiger partial charge in [-0.2, -0.15) is 0 Å². The molecule has 1 heterocycles. The molecule has 0 aliphatic heterocycles. The van der Waals surface area contributed by atoms with Gasteiger partial charge >= 0.3 is 0 Å². The third-order valence-corrected chi connectivity index (χ3v) is 2.33. The number of nitrogens with zero attached hydrogens (tertiary/aromatic N) is 1. The fourth-order valence-electron chi connectivity index (χ4n) is 1.29. The van der Waals surface area contributed by atoms with Crippen LogP contribution in [-0.4, -0.2) is 4.98 Å². The highest BCUT2D eigenvalue weighted by Gasteiger charge is 2.06. The predicted molar refractivity (Wildman–Crippen MR) is 63.3 cm³/mol. The molecule has 0 bridgehead atoms. The maximum atomic E-state index is 13.4. The van der Waals surface area contributed by atoms with Gasteiger partial charge in [0.1, 0.15) is 11.6 Å². The maximum Gasteiger partial charge on any atom is 0.148 e. The van der Waals surface area contributed by atoms with E-state index in [0.29, 0.717) is 16.5 Å². The lowest BCUT2D eigenvalue weighted by molar-refractivity contribution is 0.632. The van der Waals surface area contributed by atoms with Gasteiger partial charge in [0, 0.05) is 18.0 Å². The van der Waals surface area contributed by atoms with Crippen molar-refractivity contribution in [3.05, 3.63) is 47.4 Å². The van der Waals surface area contributed by atoms with Crippen molar-refractivity contribution >= 4 is 28.8 Å². The Balaban J connectivity index is 2.34. The van der Waals surface area contributed by atoms with Crippen LogP contribution in [0.5, 0.6) is 0 Å². The number of rotatable bonds is 2. The van der Waals surface area contributed by atoms with Crippen molar-refractivity contribution in [2.24, 2.45) is 0 Å². The Morgan fingerprint density at radius 3 is 2.81 bits per heavy atom. The fourth-order valence-corrected chi connectivity index (χ4v) is 1.50. The number of nitrogens with two attached hydrogens (primary N) is 1. The minimum absolute atomic E-state index is 0.231. The standard InChI is InChI=1S/C11H9ClFN3/c12-8-2-1-3-9(13)11(8)16-7-4-5-15-10(14)6-7/h1-6H,(H3,14,15,16). The summed E-state index contributed by atoms with van der Waals surface area (Å²) in [5.74, 6) is -0.0552. The summed E-state index contributed by atoms with van der Waals surface area (Å²) in [5.41, 5.74) is 6.38. The van der Waals surface area contributed by atoms with E-state index in [9.17, 15) is 4.39 Å². The van der Waals surface area contributed by atoms with E-state index in [1.54, 1.807) is 24.3 Å². The lowest BCUT2D eigenvalue weighted by atomic mass is 10.3. The highest BCUT2D eigenvalue weighted by molar-refractivity contribution is 6.33. The minimum atomic E-state index is -0.414. The number of hydrogen-bond donors (Lipinski definition) is 2. The largest absolute Gasteiger partial charge is 0.384 e. The van der Waals surface area contributed by atoms with Gasteiger partial charge in [-0.25, -0.2) is 9.37 Å². The molecule has 2 rings (SSSR count). The first-order chi connectivity index (χ1) is 7.66. The van der Waals surface area contributed by atoms with Crippen molar-refractivity contribution in [2.45, 2.75) is 0 Å². The number of benzene rings is 1. The molecule has 0 spiro atoms. The fraction of sp³-hybridized carbons (Fsp3) is 0. The first-order valence-electron chi connectivity index (χ1n) is 4.59. The van der Waals surface area contributed by atoms with E-state index in [4.69, 9.17) is 17.3 Å². The summed E-state index contributed by atoms with van der Waals surface area (Å²) in [6.45, 7) is 0. The van der Waals surface area contributed by atoms with E-state index in [2.05, 4.69) is 10.3 Å². The van der Waals surface area contributed by atoms with Gasteiger partial charge in [0.25, 0.3) is 0 Å². The van der Waals surface area contributed by atoms with Crippen LogP contribution in [0.2, 0.25) is 5.02 Å². The molecule has 0 saturated carbocycles. The molecule has 0 amide bonds. The van der Waals surface area contributed by atoms with Gasteiger partial charge in [0.2, 0.25) is 0 Å². The van der Waals surface area contributed by atoms with E-state index < -0.39 is 5.82 Å². The molecule has 0 aliphatic rings. The summed E-state index contributed by atoms with van der Waals surface area (Å²) in [5, 5.41) is 3.17. The average molecular weight is 238 g/mol. The molecule has 0 radical (unpaired) electrons. The summed E-state index contributed by atoms with van der Waals surface area (Å²) in [6.07, 6.45) is 1.53. The third-order valence-electron chi connectivity index (χ3n) is 2.01. The number of anilines is 3. The predicted octanol–water partition coefficient (Wildman–Crippen LogP) is 3.20. The Morgan fingerprint density at radius 2 is 2.12 bits per heavy atom. The number of nitrogens with one attached hydrogen (secondary N) is 1. The number of para-hydroxylation sites is 1. The normalized spacial score (nSPS) is 10.1. The van der Waals surface area contributed by atoms with Crippen molar-refractivity contribution in [1.29, 1.82) is 0 Å². The summed E-state index contributed by atoms with van der Waals surface area (Å²) in [6, 6.07) is 7.77. The maximum absolute atomic E-state index is 13.4. The van der Waals surface area contributed by atoms with Crippen molar-refractivity contribution in [3.8, 4) is 0 Å². The Morgan fingerprint density at radius 1 is 1.31 bits per heavy atom. The zero-order valence-corrected chi connectivity index (χ0v) is 9.00. The molecule has 0 unspecified atom stereocenters. The molecule has 5 heteroatoms. The first-order valence-corrected chi connectivity index (χ1v) is 4.97. The molecule has 1 aromatic heterocycles. The zero-order chi connectivity index (χ0) is 11.5. The number of nitrogen functional groups attached to an aromatic ring is 1. The zero-order valence-electron chi connectivity index (χ0n) is 8.24. The molecule has 0 fully saturated rings. The van der Waals surface area contributed by atoms with Crippen molar-refractivity contribution in [3.63, 3.8) is 0 Å². The second kappa shape index (κ2) is 4.37. The van der Waals surface area contributed by atoms with Crippen molar-refractivity contribution in [1.82, 2.24) is 4.98 Å². The SMILES string of the molecule is Nc1cc(Nc2c(F)cccc2Cl)ccn1. The molecule has 0 aliphatic carbocycles. The Bertz CT molecular complexity index is 496. The Labute approximate surface area is 97.1 Å². The van der Waals surface area contributed by atoms with Gasteiger partial charge in [0.05, 0.1) is 10.7 Å². The first kappa shape index (κ1) is 10.7. The van der Waals surface area contributed by atoms with Crippen LogP contribution in [0.15, 0.2) is 36.5 Å². The topological polar surface area (TPSA) is 50.9 Å². The third kappa shape index (κ3) is 2.23. The Hall–Kier alpha value is -1.81. The van der Waals surface area contributed by atoms with Crippen LogP contribution < -0.4 is 11.1 Å². The lowest BCUT2D eigenvalue weighted by Crippen LogP contribution is -1.97. The van der Waals surface area contributed by atoms with Gasteiger partial charge in [-0.1, -0.05) is 17.7 Å². The van der Waals surface area contributed by atoms with E-state index in [0.717, 1.165) is 0 Å². The summed E-state index contributed by atoms with van der Waals surface area (Å²) >= 11 is 5.87. The van der Waals surface area contributed by atoms with Gasteiger partial charge in [0.15, 0.2) is 0 Å². The van der Waals surface area contributed by atoms with E-state index in [1.807, 2.05) is 0 Å². The van der Waals surface area contributed by atoms with E-state index in [1.165, 1.54) is 12.3 Å². The highest BCUT2D eigenvalue weighted by Crippen LogP contribution is 2.28. The number of pyridine rings is 1. The summed E-state index contributed by atoms with van der Waals surface area (Å²) in [7, 11) is 0. The monoisotopic (exact) mass is 237 g/mol. The van der Waals surface area contributed by atoms with E-state index in [-0.39, 0.29) is 5.69 Å². The van der Waals surface area contributed by atoms with Gasteiger partial charge in [-0.3, -0.25) is 0 Å². The molecular formula is C11H9ClFN3. The minimum Gasteiger partial charge on any atom is -0.384 e. The van der Waals surface area contributed by atoms with Crippen LogP contribution in [0.25, 0.3) is 0 Å². The number of halogens is 2. The van der Waals surface area contributed by atoms with Crippen molar-refractivity contribution in [2.75, 3.05) is 11.1 Å². The quantitative estimate of drug-likeness (QED) is 0.843. The molecule has 0 saturated heterocycles. The van der Waals surface area contributed by atoms with Gasteiger partial charge in [-0.05, 0) is 18.2 Å². The second-order valence-electron chi connectivity index (χ2n) is 3.19. The van der Waals surface area contributed by atoms with Crippen LogP contribution in [-0.2, 0) is 0 Å². The lowest BCUT2D eigenvalue weighted by Gasteiger charge is -2.09. The smallest absolute Gasteiger partial charge is 0.148 e. The van der Waals surface area contributed by atoms with Crippen LogP contribution in [0.1, 0.15) is 0 Å². The molecule has 2 aromatic rings. The van der Waals surface area contributed by atoms with Crippen LogP contribution >= 0.6 is 11.6 Å². The van der Waals surface area contributed by atoms with E-state index >= 15 is 0 Å². The number of hydrogen-bond acceptors (Lipinski definition) is 3. The molecule has 1 aromatic carbocycles. The average Bonchev–Trinajstić information content (AvgIpc) is 2.24. The van der Waals surface area contributed by atoms with Crippen LogP contribution in [0.3, 0.4) is 0 Å². The second-order valence-corrected chi connectivity index (χ2v) is 3.60. The number of aromatic nitrogens is 1. The summed E-state index contributed by atoms with van der Waals surface area (Å²) in [4.78, 5) is 3.84. The van der Waals surface area contributed by atoms with Crippen LogP contribution in [0, 0.1) is 5.82 Å².